The SMILES string of the molecule is CCNC(c1ccc(C)o1)c1ccc(Cl)cc1Cl. The number of nitrogens with one attached hydrogen (secondary N) is 1. The van der Waals surface area contributed by atoms with Crippen molar-refractivity contribution in [2.45, 2.75) is 19.9 Å². The molecule has 0 radical (unpaired) electrons. The Morgan fingerprint density at radius 2 is 2.00 bits per heavy atom. The Bertz CT molecular complexity index is 536. The first kappa shape index (κ1) is 13.5. The van der Waals surface area contributed by atoms with E-state index in [9.17, 15) is 0 Å². The predicted molar refractivity (Wildman–Crippen MR) is 75.4 cm³/mol. The maximum absolute atomic E-state index is 6.25. The van der Waals surface area contributed by atoms with E-state index < -0.39 is 0 Å². The van der Waals surface area contributed by atoms with Gasteiger partial charge in [0.25, 0.3) is 0 Å². The lowest BCUT2D eigenvalue weighted by Gasteiger charge is -2.17. The lowest BCUT2D eigenvalue weighted by Crippen LogP contribution is -2.21. The van der Waals surface area contributed by atoms with Gasteiger partial charge in [0, 0.05) is 10.0 Å². The highest BCUT2D eigenvalue weighted by Gasteiger charge is 2.19. The molecule has 1 atom stereocenters. The van der Waals surface area contributed by atoms with E-state index in [1.54, 1.807) is 6.07 Å². The van der Waals surface area contributed by atoms with Gasteiger partial charge in [-0.05, 0) is 43.3 Å². The average Bonchev–Trinajstić information content (AvgIpc) is 2.73. The Hall–Kier alpha value is -0.960. The first-order chi connectivity index (χ1) is 8.61. The van der Waals surface area contributed by atoms with E-state index in [1.165, 1.54) is 0 Å². The van der Waals surface area contributed by atoms with Crippen LogP contribution in [0.5, 0.6) is 0 Å². The number of furan rings is 1. The predicted octanol–water partition coefficient (Wildman–Crippen LogP) is 4.59. The van der Waals surface area contributed by atoms with Crippen LogP contribution >= 0.6 is 23.2 Å². The molecule has 0 aliphatic rings. The van der Waals surface area contributed by atoms with Crippen LogP contribution in [0.25, 0.3) is 0 Å². The van der Waals surface area contributed by atoms with E-state index in [1.807, 2.05) is 38.1 Å². The molecule has 2 nitrogen and oxygen atoms in total. The number of hydrogen-bond acceptors (Lipinski definition) is 2. The van der Waals surface area contributed by atoms with Crippen LogP contribution in [0.2, 0.25) is 10.0 Å². The molecule has 96 valence electrons. The summed E-state index contributed by atoms with van der Waals surface area (Å²) in [5, 5.41) is 4.64. The number of rotatable bonds is 4. The van der Waals surface area contributed by atoms with Crippen molar-refractivity contribution < 1.29 is 4.42 Å². The maximum Gasteiger partial charge on any atom is 0.125 e. The topological polar surface area (TPSA) is 25.2 Å². The molecule has 1 aromatic heterocycles. The van der Waals surface area contributed by atoms with Crippen LogP contribution in [0.1, 0.15) is 30.0 Å². The fourth-order valence-corrected chi connectivity index (χ4v) is 2.43. The number of halogens is 2. The first-order valence-electron chi connectivity index (χ1n) is 5.86. The van der Waals surface area contributed by atoms with Crippen molar-refractivity contribution in [2.75, 3.05) is 6.54 Å². The first-order valence-corrected chi connectivity index (χ1v) is 6.62. The molecule has 0 spiro atoms. The van der Waals surface area contributed by atoms with Crippen molar-refractivity contribution in [1.82, 2.24) is 5.32 Å². The molecule has 0 aliphatic heterocycles. The smallest absolute Gasteiger partial charge is 0.125 e. The van der Waals surface area contributed by atoms with Crippen LogP contribution in [-0.2, 0) is 0 Å². The Labute approximate surface area is 117 Å². The molecule has 0 saturated carbocycles. The van der Waals surface area contributed by atoms with E-state index in [-0.39, 0.29) is 6.04 Å². The second kappa shape index (κ2) is 5.79. The molecular weight excluding hydrogens is 269 g/mol. The van der Waals surface area contributed by atoms with Crippen molar-refractivity contribution in [3.05, 3.63) is 57.5 Å². The zero-order valence-electron chi connectivity index (χ0n) is 10.3. The molecule has 4 heteroatoms. The molecule has 1 unspecified atom stereocenters. The largest absolute Gasteiger partial charge is 0.464 e. The maximum atomic E-state index is 6.25. The summed E-state index contributed by atoms with van der Waals surface area (Å²) >= 11 is 12.2. The molecule has 2 rings (SSSR count). The molecule has 0 saturated heterocycles. The van der Waals surface area contributed by atoms with Crippen molar-refractivity contribution >= 4 is 23.2 Å². The van der Waals surface area contributed by atoms with Crippen LogP contribution in [0, 0.1) is 6.92 Å². The third kappa shape index (κ3) is 2.89. The van der Waals surface area contributed by atoms with Crippen molar-refractivity contribution in [1.29, 1.82) is 0 Å². The second-order valence-corrected chi connectivity index (χ2v) is 4.95. The minimum atomic E-state index is -0.0477. The molecule has 1 heterocycles. The molecule has 1 N–H and O–H groups in total. The third-order valence-corrected chi connectivity index (χ3v) is 3.29. The van der Waals surface area contributed by atoms with Crippen molar-refractivity contribution in [3.8, 4) is 0 Å². The van der Waals surface area contributed by atoms with Gasteiger partial charge in [-0.25, -0.2) is 0 Å². The fourth-order valence-electron chi connectivity index (χ4n) is 1.91. The van der Waals surface area contributed by atoms with Gasteiger partial charge < -0.3 is 9.73 Å². The summed E-state index contributed by atoms with van der Waals surface area (Å²) in [5.74, 6) is 1.75. The minimum Gasteiger partial charge on any atom is -0.464 e. The van der Waals surface area contributed by atoms with Gasteiger partial charge in [-0.15, -0.1) is 0 Å². The molecule has 0 aliphatic carbocycles. The van der Waals surface area contributed by atoms with Gasteiger partial charge in [0.15, 0.2) is 0 Å². The Morgan fingerprint density at radius 3 is 2.56 bits per heavy atom. The average molecular weight is 284 g/mol. The summed E-state index contributed by atoms with van der Waals surface area (Å²) in [7, 11) is 0. The van der Waals surface area contributed by atoms with Gasteiger partial charge >= 0.3 is 0 Å². The number of aryl methyl sites for hydroxylation is 1. The number of benzene rings is 1. The van der Waals surface area contributed by atoms with Crippen LogP contribution in [-0.4, -0.2) is 6.54 Å². The van der Waals surface area contributed by atoms with Crippen molar-refractivity contribution in [2.24, 2.45) is 0 Å². The summed E-state index contributed by atoms with van der Waals surface area (Å²) in [6.45, 7) is 4.80. The fraction of sp³-hybridized carbons (Fsp3) is 0.286. The highest BCUT2D eigenvalue weighted by molar-refractivity contribution is 6.35. The summed E-state index contributed by atoms with van der Waals surface area (Å²) in [6, 6.07) is 9.38. The molecule has 0 fully saturated rings. The quantitative estimate of drug-likeness (QED) is 0.888. The molecule has 1 aromatic carbocycles. The summed E-state index contributed by atoms with van der Waals surface area (Å²) < 4.78 is 5.68. The number of hydrogen-bond donors (Lipinski definition) is 1. The van der Waals surface area contributed by atoms with Gasteiger partial charge in [0.2, 0.25) is 0 Å². The van der Waals surface area contributed by atoms with Crippen molar-refractivity contribution in [3.63, 3.8) is 0 Å². The highest BCUT2D eigenvalue weighted by atomic mass is 35.5. The normalized spacial score (nSPS) is 12.7. The van der Waals surface area contributed by atoms with Gasteiger partial charge in [0.05, 0.1) is 6.04 Å². The zero-order valence-corrected chi connectivity index (χ0v) is 11.8. The van der Waals surface area contributed by atoms with E-state index in [4.69, 9.17) is 27.6 Å². The van der Waals surface area contributed by atoms with E-state index in [0.717, 1.165) is 23.6 Å². The zero-order chi connectivity index (χ0) is 13.1. The summed E-state index contributed by atoms with van der Waals surface area (Å²) in [4.78, 5) is 0. The highest BCUT2D eigenvalue weighted by Crippen LogP contribution is 2.31. The minimum absolute atomic E-state index is 0.0477. The van der Waals surface area contributed by atoms with E-state index >= 15 is 0 Å². The van der Waals surface area contributed by atoms with Gasteiger partial charge in [0.1, 0.15) is 11.5 Å². The lowest BCUT2D eigenvalue weighted by molar-refractivity contribution is 0.435. The van der Waals surface area contributed by atoms with Crippen LogP contribution < -0.4 is 5.32 Å². The monoisotopic (exact) mass is 283 g/mol. The Kier molecular flexibility index (Phi) is 4.33. The Morgan fingerprint density at radius 1 is 1.22 bits per heavy atom. The van der Waals surface area contributed by atoms with Crippen LogP contribution in [0.15, 0.2) is 34.7 Å². The van der Waals surface area contributed by atoms with Gasteiger partial charge in [-0.3, -0.25) is 0 Å². The molecule has 0 amide bonds. The molecular formula is C14H15Cl2NO. The Balaban J connectivity index is 2.41. The molecule has 18 heavy (non-hydrogen) atoms. The standard InChI is InChI=1S/C14H15Cl2NO/c1-3-17-14(13-7-4-9(2)18-13)11-6-5-10(15)8-12(11)16/h4-8,14,17H,3H2,1-2H3. The van der Waals surface area contributed by atoms with Gasteiger partial charge in [-0.1, -0.05) is 36.2 Å². The lowest BCUT2D eigenvalue weighted by atomic mass is 10.0. The second-order valence-electron chi connectivity index (χ2n) is 4.10. The summed E-state index contributed by atoms with van der Waals surface area (Å²) in [6.07, 6.45) is 0. The summed E-state index contributed by atoms with van der Waals surface area (Å²) in [5.41, 5.74) is 0.970. The third-order valence-electron chi connectivity index (χ3n) is 2.73. The van der Waals surface area contributed by atoms with E-state index in [0.29, 0.717) is 10.0 Å². The van der Waals surface area contributed by atoms with Crippen LogP contribution in [0.3, 0.4) is 0 Å². The molecule has 2 aromatic rings. The molecule has 0 bridgehead atoms. The van der Waals surface area contributed by atoms with Gasteiger partial charge in [-0.2, -0.15) is 0 Å². The van der Waals surface area contributed by atoms with Crippen LogP contribution in [0.4, 0.5) is 0 Å². The van der Waals surface area contributed by atoms with E-state index in [2.05, 4.69) is 5.32 Å².